The number of halogens is 3. The van der Waals surface area contributed by atoms with Crippen LogP contribution in [0.4, 0.5) is 18.9 Å². The number of hydrogen-bond acceptors (Lipinski definition) is 2. The van der Waals surface area contributed by atoms with E-state index >= 15 is 0 Å². The number of ether oxygens (including phenoxy) is 1. The molecule has 0 saturated heterocycles. The van der Waals surface area contributed by atoms with Crippen molar-refractivity contribution in [1.29, 1.82) is 0 Å². The first-order valence-electron chi connectivity index (χ1n) is 7.45. The zero-order valence-electron chi connectivity index (χ0n) is 12.4. The van der Waals surface area contributed by atoms with Crippen LogP contribution in [0.1, 0.15) is 39.5 Å². The summed E-state index contributed by atoms with van der Waals surface area (Å²) in [5.74, 6) is -0.497. The average Bonchev–Trinajstić information content (AvgIpc) is 2.40. The highest BCUT2D eigenvalue weighted by molar-refractivity contribution is 5.56. The number of alkyl halides is 3. The summed E-state index contributed by atoms with van der Waals surface area (Å²) in [7, 11) is 0. The van der Waals surface area contributed by atoms with Crippen molar-refractivity contribution >= 4 is 5.69 Å². The van der Waals surface area contributed by atoms with Gasteiger partial charge in [0.2, 0.25) is 0 Å². The maximum atomic E-state index is 12.9. The summed E-state index contributed by atoms with van der Waals surface area (Å²) in [6, 6.07) is 7.27. The minimum Gasteiger partial charge on any atom is -0.489 e. The van der Waals surface area contributed by atoms with Crippen LogP contribution < -0.4 is 10.1 Å². The van der Waals surface area contributed by atoms with E-state index in [1.807, 2.05) is 38.1 Å². The second kappa shape index (κ2) is 6.58. The Hall–Kier alpha value is -1.39. The lowest BCUT2D eigenvalue weighted by Gasteiger charge is -2.32. The maximum Gasteiger partial charge on any atom is 0.391 e. The van der Waals surface area contributed by atoms with Gasteiger partial charge in [0.1, 0.15) is 5.75 Å². The topological polar surface area (TPSA) is 21.3 Å². The molecule has 1 aromatic carbocycles. The van der Waals surface area contributed by atoms with Gasteiger partial charge in [-0.1, -0.05) is 18.6 Å². The normalized spacial score (nSPS) is 23.1. The third-order valence-corrected chi connectivity index (χ3v) is 3.75. The molecule has 5 heteroatoms. The van der Waals surface area contributed by atoms with Crippen LogP contribution in [0.5, 0.6) is 5.75 Å². The Morgan fingerprint density at radius 1 is 1.19 bits per heavy atom. The molecule has 0 aliphatic heterocycles. The van der Waals surface area contributed by atoms with Crippen molar-refractivity contribution in [3.8, 4) is 5.75 Å². The summed E-state index contributed by atoms with van der Waals surface area (Å²) >= 11 is 0. The molecule has 1 N–H and O–H groups in total. The van der Waals surface area contributed by atoms with Gasteiger partial charge in [-0.05, 0) is 45.2 Å². The van der Waals surface area contributed by atoms with Crippen LogP contribution in [0.25, 0.3) is 0 Å². The number of hydrogen-bond donors (Lipinski definition) is 1. The molecule has 1 saturated carbocycles. The Morgan fingerprint density at radius 2 is 1.90 bits per heavy atom. The monoisotopic (exact) mass is 301 g/mol. The van der Waals surface area contributed by atoms with Gasteiger partial charge in [0, 0.05) is 6.04 Å². The third-order valence-electron chi connectivity index (χ3n) is 3.75. The highest BCUT2D eigenvalue weighted by atomic mass is 19.4. The molecule has 2 atom stereocenters. The Labute approximate surface area is 123 Å². The van der Waals surface area contributed by atoms with Crippen LogP contribution >= 0.6 is 0 Å². The fraction of sp³-hybridized carbons (Fsp3) is 0.625. The van der Waals surface area contributed by atoms with Gasteiger partial charge >= 0.3 is 6.18 Å². The fourth-order valence-electron chi connectivity index (χ4n) is 2.78. The predicted octanol–water partition coefficient (Wildman–Crippen LogP) is 5.01. The first kappa shape index (κ1) is 16.0. The van der Waals surface area contributed by atoms with Gasteiger partial charge in [-0.3, -0.25) is 0 Å². The molecule has 2 rings (SSSR count). The van der Waals surface area contributed by atoms with Crippen molar-refractivity contribution in [2.45, 2.75) is 57.9 Å². The first-order chi connectivity index (χ1) is 9.86. The molecule has 2 unspecified atom stereocenters. The summed E-state index contributed by atoms with van der Waals surface area (Å²) in [6.07, 6.45) is -2.31. The van der Waals surface area contributed by atoms with Crippen LogP contribution in [0, 0.1) is 5.92 Å². The zero-order valence-corrected chi connectivity index (χ0v) is 12.4. The molecular weight excluding hydrogens is 279 g/mol. The maximum absolute atomic E-state index is 12.9. The largest absolute Gasteiger partial charge is 0.489 e. The summed E-state index contributed by atoms with van der Waals surface area (Å²) in [5, 5.41) is 3.23. The molecule has 0 radical (unpaired) electrons. The van der Waals surface area contributed by atoms with Crippen LogP contribution in [0.2, 0.25) is 0 Å². The van der Waals surface area contributed by atoms with E-state index in [0.29, 0.717) is 12.2 Å². The molecule has 0 aromatic heterocycles. The Morgan fingerprint density at radius 3 is 2.57 bits per heavy atom. The molecule has 1 aliphatic carbocycles. The van der Waals surface area contributed by atoms with Crippen LogP contribution in [-0.2, 0) is 0 Å². The predicted molar refractivity (Wildman–Crippen MR) is 77.6 cm³/mol. The molecule has 0 bridgehead atoms. The van der Waals surface area contributed by atoms with E-state index in [-0.39, 0.29) is 25.0 Å². The number of benzene rings is 1. The molecule has 0 heterocycles. The van der Waals surface area contributed by atoms with Gasteiger partial charge in [-0.2, -0.15) is 13.2 Å². The lowest BCUT2D eigenvalue weighted by atomic mass is 9.85. The van der Waals surface area contributed by atoms with Crippen molar-refractivity contribution in [2.24, 2.45) is 5.92 Å². The number of rotatable bonds is 4. The van der Waals surface area contributed by atoms with E-state index in [0.717, 1.165) is 12.1 Å². The summed E-state index contributed by atoms with van der Waals surface area (Å²) in [5.41, 5.74) is 0.777. The molecule has 1 aliphatic rings. The number of nitrogens with one attached hydrogen (secondary N) is 1. The minimum atomic E-state index is -4.09. The van der Waals surface area contributed by atoms with Gasteiger partial charge in [0.15, 0.2) is 0 Å². The highest BCUT2D eigenvalue weighted by Crippen LogP contribution is 2.39. The van der Waals surface area contributed by atoms with Crippen molar-refractivity contribution in [3.05, 3.63) is 24.3 Å². The second-order valence-electron chi connectivity index (χ2n) is 5.91. The Kier molecular flexibility index (Phi) is 5.01. The molecule has 0 spiro atoms. The van der Waals surface area contributed by atoms with E-state index in [2.05, 4.69) is 5.32 Å². The fourth-order valence-corrected chi connectivity index (χ4v) is 2.78. The standard InChI is InChI=1S/C16H22F3NO/c1-11(2)21-15-9-4-3-8-14(15)20-13-7-5-6-12(10-13)16(17,18)19/h3-4,8-9,11-13,20H,5-7,10H2,1-2H3. The van der Waals surface area contributed by atoms with Crippen LogP contribution in [0.3, 0.4) is 0 Å². The second-order valence-corrected chi connectivity index (χ2v) is 5.91. The zero-order chi connectivity index (χ0) is 15.5. The van der Waals surface area contributed by atoms with Gasteiger partial charge in [-0.25, -0.2) is 0 Å². The van der Waals surface area contributed by atoms with Gasteiger partial charge in [0.05, 0.1) is 17.7 Å². The smallest absolute Gasteiger partial charge is 0.391 e. The van der Waals surface area contributed by atoms with E-state index < -0.39 is 12.1 Å². The third kappa shape index (κ3) is 4.55. The average molecular weight is 301 g/mol. The van der Waals surface area contributed by atoms with Gasteiger partial charge in [0.25, 0.3) is 0 Å². The van der Waals surface area contributed by atoms with Crippen molar-refractivity contribution in [3.63, 3.8) is 0 Å². The van der Waals surface area contributed by atoms with Crippen molar-refractivity contribution < 1.29 is 17.9 Å². The Bertz CT molecular complexity index is 459. The molecule has 118 valence electrons. The molecule has 0 amide bonds. The van der Waals surface area contributed by atoms with Crippen molar-refractivity contribution in [1.82, 2.24) is 0 Å². The molecule has 1 fully saturated rings. The van der Waals surface area contributed by atoms with Crippen molar-refractivity contribution in [2.75, 3.05) is 5.32 Å². The van der Waals surface area contributed by atoms with Gasteiger partial charge in [-0.15, -0.1) is 0 Å². The quantitative estimate of drug-likeness (QED) is 0.844. The molecule has 21 heavy (non-hydrogen) atoms. The summed E-state index contributed by atoms with van der Waals surface area (Å²) < 4.78 is 44.3. The first-order valence-corrected chi connectivity index (χ1v) is 7.45. The van der Waals surface area contributed by atoms with E-state index in [9.17, 15) is 13.2 Å². The lowest BCUT2D eigenvalue weighted by molar-refractivity contribution is -0.182. The van der Waals surface area contributed by atoms with E-state index in [1.165, 1.54) is 0 Å². The highest BCUT2D eigenvalue weighted by Gasteiger charge is 2.42. The SMILES string of the molecule is CC(C)Oc1ccccc1NC1CCCC(C(F)(F)F)C1. The molecular formula is C16H22F3NO. The Balaban J connectivity index is 2.04. The summed E-state index contributed by atoms with van der Waals surface area (Å²) in [4.78, 5) is 0. The van der Waals surface area contributed by atoms with Gasteiger partial charge < -0.3 is 10.1 Å². The lowest BCUT2D eigenvalue weighted by Crippen LogP contribution is -2.34. The van der Waals surface area contributed by atoms with Crippen LogP contribution in [0.15, 0.2) is 24.3 Å². The number of anilines is 1. The van der Waals surface area contributed by atoms with Crippen LogP contribution in [-0.4, -0.2) is 18.3 Å². The molecule has 1 aromatic rings. The van der Waals surface area contributed by atoms with E-state index in [1.54, 1.807) is 0 Å². The minimum absolute atomic E-state index is 0.0298. The molecule has 2 nitrogen and oxygen atoms in total. The van der Waals surface area contributed by atoms with E-state index in [4.69, 9.17) is 4.74 Å². The summed E-state index contributed by atoms with van der Waals surface area (Å²) in [6.45, 7) is 3.86. The number of para-hydroxylation sites is 2.